The van der Waals surface area contributed by atoms with Crippen LogP contribution in [-0.4, -0.2) is 0 Å². The van der Waals surface area contributed by atoms with Gasteiger partial charge in [0.15, 0.2) is 0 Å². The van der Waals surface area contributed by atoms with Crippen LogP contribution in [0.15, 0.2) is 37.5 Å². The molecule has 0 aromatic carbocycles. The largest absolute Gasteiger partial charge is 0.106 e. The molecule has 210 valence electrons. The normalized spacial score (nSPS) is 37.6. The Kier molecular flexibility index (Phi) is 13.3. The molecule has 3 rings (SSSR count). The Labute approximate surface area is 228 Å². The van der Waals surface area contributed by atoms with Gasteiger partial charge in [0.2, 0.25) is 0 Å². The van der Waals surface area contributed by atoms with E-state index in [1.807, 2.05) is 0 Å². The van der Waals surface area contributed by atoms with Crippen molar-refractivity contribution in [3.05, 3.63) is 37.5 Å². The zero-order chi connectivity index (χ0) is 26.5. The van der Waals surface area contributed by atoms with Crippen LogP contribution in [0, 0.1) is 64.6 Å². The summed E-state index contributed by atoms with van der Waals surface area (Å²) in [5.74, 6) is 8.61. The summed E-state index contributed by atoms with van der Waals surface area (Å²) in [6.45, 7) is 35.0. The molecule has 0 heterocycles. The SMILES string of the molecule is C.C=C.C=C(C)CC(=C)C1C(C)C(C(C)C2C(C)CCC(C3CCCC3)C2CC)CC1(C)CC(C)C. The fraction of sp³-hybridized carbons (Fsp3) is 0.833. The van der Waals surface area contributed by atoms with Crippen LogP contribution in [-0.2, 0) is 0 Å². The summed E-state index contributed by atoms with van der Waals surface area (Å²) < 4.78 is 0. The minimum absolute atomic E-state index is 0. The van der Waals surface area contributed by atoms with Crippen molar-refractivity contribution in [2.24, 2.45) is 64.6 Å². The van der Waals surface area contributed by atoms with Crippen LogP contribution in [0.4, 0.5) is 0 Å². The Morgan fingerprint density at radius 3 is 2.06 bits per heavy atom. The summed E-state index contributed by atoms with van der Waals surface area (Å²) in [4.78, 5) is 0. The van der Waals surface area contributed by atoms with Gasteiger partial charge in [-0.3, -0.25) is 0 Å². The second-order valence-electron chi connectivity index (χ2n) is 14.0. The minimum Gasteiger partial charge on any atom is -0.106 e. The van der Waals surface area contributed by atoms with E-state index < -0.39 is 0 Å². The van der Waals surface area contributed by atoms with Crippen LogP contribution >= 0.6 is 0 Å². The topological polar surface area (TPSA) is 0 Å². The molecule has 36 heavy (non-hydrogen) atoms. The van der Waals surface area contributed by atoms with Gasteiger partial charge in [-0.15, -0.1) is 13.2 Å². The van der Waals surface area contributed by atoms with Crippen molar-refractivity contribution in [3.8, 4) is 0 Å². The first kappa shape index (κ1) is 33.2. The standard InChI is InChI=1S/C33H58.C2H4.CH4/c1-11-28-29(27-14-12-13-15-27)17-16-23(6)31(28)25(8)30-20-33(10,19-22(4)5)32(26(30)9)24(7)18-21(2)3;1-2;/h22-23,25-32H,2,7,11-20H2,1,3-6,8-10H3;1-2H2;1H4. The van der Waals surface area contributed by atoms with Gasteiger partial charge in [0, 0.05) is 0 Å². The molecule has 3 saturated carbocycles. The lowest BCUT2D eigenvalue weighted by molar-refractivity contribution is 0.000467. The monoisotopic (exact) mass is 499 g/mol. The second kappa shape index (κ2) is 14.4. The van der Waals surface area contributed by atoms with E-state index in [0.29, 0.717) is 11.3 Å². The van der Waals surface area contributed by atoms with Crippen LogP contribution < -0.4 is 0 Å². The van der Waals surface area contributed by atoms with Crippen molar-refractivity contribution in [2.75, 3.05) is 0 Å². The van der Waals surface area contributed by atoms with Gasteiger partial charge in [-0.1, -0.05) is 119 Å². The first-order valence-electron chi connectivity index (χ1n) is 15.3. The van der Waals surface area contributed by atoms with Gasteiger partial charge < -0.3 is 0 Å². The van der Waals surface area contributed by atoms with Crippen LogP contribution in [0.25, 0.3) is 0 Å². The van der Waals surface area contributed by atoms with Crippen molar-refractivity contribution >= 4 is 0 Å². The average Bonchev–Trinajstić information content (AvgIpc) is 3.39. The Bertz CT molecular complexity index is 678. The van der Waals surface area contributed by atoms with E-state index in [-0.39, 0.29) is 7.43 Å². The molecular weight excluding hydrogens is 432 g/mol. The molecule has 0 bridgehead atoms. The van der Waals surface area contributed by atoms with Crippen LogP contribution in [0.2, 0.25) is 0 Å². The second-order valence-corrected chi connectivity index (χ2v) is 14.0. The number of allylic oxidation sites excluding steroid dienone is 2. The fourth-order valence-electron chi connectivity index (χ4n) is 10.2. The predicted octanol–water partition coefficient (Wildman–Crippen LogP) is 11.8. The summed E-state index contributed by atoms with van der Waals surface area (Å²) in [7, 11) is 0. The van der Waals surface area contributed by atoms with Gasteiger partial charge in [0.25, 0.3) is 0 Å². The lowest BCUT2D eigenvalue weighted by Gasteiger charge is -2.49. The zero-order valence-electron chi connectivity index (χ0n) is 25.2. The van der Waals surface area contributed by atoms with Crippen molar-refractivity contribution in [2.45, 2.75) is 127 Å². The summed E-state index contributed by atoms with van der Waals surface area (Å²) >= 11 is 0. The molecule has 0 amide bonds. The van der Waals surface area contributed by atoms with Crippen LogP contribution in [0.1, 0.15) is 127 Å². The molecular formula is C36H66. The lowest BCUT2D eigenvalue weighted by atomic mass is 9.56. The van der Waals surface area contributed by atoms with Crippen molar-refractivity contribution in [1.82, 2.24) is 0 Å². The molecule has 3 aliphatic carbocycles. The lowest BCUT2D eigenvalue weighted by Crippen LogP contribution is -2.42. The van der Waals surface area contributed by atoms with E-state index in [2.05, 4.69) is 81.7 Å². The molecule has 3 fully saturated rings. The third-order valence-electron chi connectivity index (χ3n) is 10.9. The first-order valence-corrected chi connectivity index (χ1v) is 15.3. The molecule has 0 aromatic rings. The van der Waals surface area contributed by atoms with E-state index in [4.69, 9.17) is 0 Å². The smallest absolute Gasteiger partial charge is 0.0114 e. The maximum absolute atomic E-state index is 4.69. The highest BCUT2D eigenvalue weighted by Gasteiger charge is 2.53. The summed E-state index contributed by atoms with van der Waals surface area (Å²) in [6, 6.07) is 0. The van der Waals surface area contributed by atoms with E-state index in [1.165, 1.54) is 68.9 Å². The van der Waals surface area contributed by atoms with Gasteiger partial charge in [-0.25, -0.2) is 0 Å². The molecule has 0 saturated heterocycles. The van der Waals surface area contributed by atoms with Crippen molar-refractivity contribution in [3.63, 3.8) is 0 Å². The Balaban J connectivity index is 0.00000211. The number of hydrogen-bond acceptors (Lipinski definition) is 0. The highest BCUT2D eigenvalue weighted by atomic mass is 14.6. The molecule has 0 N–H and O–H groups in total. The average molecular weight is 499 g/mol. The molecule has 3 aliphatic rings. The van der Waals surface area contributed by atoms with Crippen LogP contribution in [0.3, 0.4) is 0 Å². The van der Waals surface area contributed by atoms with Gasteiger partial charge in [-0.2, -0.15) is 0 Å². The predicted molar refractivity (Wildman–Crippen MR) is 165 cm³/mol. The molecule has 0 nitrogen and oxygen atoms in total. The zero-order valence-corrected chi connectivity index (χ0v) is 25.2. The summed E-state index contributed by atoms with van der Waals surface area (Å²) in [6.07, 6.45) is 14.2. The molecule has 9 atom stereocenters. The van der Waals surface area contributed by atoms with E-state index in [1.54, 1.807) is 0 Å². The molecule has 9 unspecified atom stereocenters. The molecule has 0 aromatic heterocycles. The van der Waals surface area contributed by atoms with E-state index >= 15 is 0 Å². The molecule has 0 spiro atoms. The van der Waals surface area contributed by atoms with Gasteiger partial charge in [0.05, 0.1) is 0 Å². The molecule has 0 aliphatic heterocycles. The van der Waals surface area contributed by atoms with E-state index in [9.17, 15) is 0 Å². The quantitative estimate of drug-likeness (QED) is 0.277. The third kappa shape index (κ3) is 7.20. The first-order chi connectivity index (χ1) is 16.5. The maximum Gasteiger partial charge on any atom is -0.0114 e. The minimum atomic E-state index is 0. The van der Waals surface area contributed by atoms with Gasteiger partial charge >= 0.3 is 0 Å². The van der Waals surface area contributed by atoms with Gasteiger partial charge in [0.1, 0.15) is 0 Å². The Morgan fingerprint density at radius 2 is 1.56 bits per heavy atom. The molecule has 0 radical (unpaired) electrons. The highest BCUT2D eigenvalue weighted by molar-refractivity contribution is 5.19. The summed E-state index contributed by atoms with van der Waals surface area (Å²) in [5, 5.41) is 0. The van der Waals surface area contributed by atoms with Crippen molar-refractivity contribution in [1.29, 1.82) is 0 Å². The Hall–Kier alpha value is -0.780. The maximum atomic E-state index is 4.69. The van der Waals surface area contributed by atoms with Crippen molar-refractivity contribution < 1.29 is 0 Å². The third-order valence-corrected chi connectivity index (χ3v) is 10.9. The summed E-state index contributed by atoms with van der Waals surface area (Å²) in [5.41, 5.74) is 3.14. The van der Waals surface area contributed by atoms with E-state index in [0.717, 1.165) is 59.7 Å². The number of hydrogen-bond donors (Lipinski definition) is 0. The number of rotatable bonds is 9. The highest BCUT2D eigenvalue weighted by Crippen LogP contribution is 2.61. The van der Waals surface area contributed by atoms with Gasteiger partial charge in [-0.05, 0) is 97.2 Å². The Morgan fingerprint density at radius 1 is 0.972 bits per heavy atom. The van der Waals surface area contributed by atoms with Crippen LogP contribution in [0.5, 0.6) is 0 Å². The molecule has 0 heteroatoms. The fourth-order valence-corrected chi connectivity index (χ4v) is 10.2.